The summed E-state index contributed by atoms with van der Waals surface area (Å²) < 4.78 is 17.4. The topological polar surface area (TPSA) is 44.8 Å². The van der Waals surface area contributed by atoms with Crippen LogP contribution in [0.4, 0.5) is 0 Å². The molecule has 0 fully saturated rings. The Morgan fingerprint density at radius 1 is 0.826 bits per heavy atom. The zero-order valence-corrected chi connectivity index (χ0v) is 15.8. The van der Waals surface area contributed by atoms with Crippen LogP contribution in [0.25, 0.3) is 0 Å². The van der Waals surface area contributed by atoms with E-state index in [9.17, 15) is 4.79 Å². The van der Waals surface area contributed by atoms with Crippen LogP contribution in [0.5, 0.6) is 0 Å². The molecule has 0 saturated carbocycles. The van der Waals surface area contributed by atoms with E-state index < -0.39 is 6.10 Å². The average Bonchev–Trinajstić information content (AvgIpc) is 2.55. The number of carbonyl (C=O) groups is 1. The van der Waals surface area contributed by atoms with Crippen LogP contribution in [0.2, 0.25) is 0 Å². The lowest BCUT2D eigenvalue weighted by molar-refractivity contribution is -0.148. The molecule has 2 atom stereocenters. The van der Waals surface area contributed by atoms with Crippen LogP contribution in [-0.4, -0.2) is 44.4 Å². The number of hydrogen-bond acceptors (Lipinski definition) is 4. The number of ketones is 1. The molecule has 0 amide bonds. The lowest BCUT2D eigenvalue weighted by Gasteiger charge is -2.26. The molecule has 0 aromatic rings. The van der Waals surface area contributed by atoms with E-state index in [1.165, 1.54) is 0 Å². The number of carbonyl (C=O) groups excluding carboxylic acids is 1. The van der Waals surface area contributed by atoms with Crippen molar-refractivity contribution in [1.29, 1.82) is 0 Å². The third-order valence-electron chi connectivity index (χ3n) is 3.78. The molecule has 4 nitrogen and oxygen atoms in total. The molecule has 0 aliphatic heterocycles. The maximum Gasteiger partial charge on any atom is 0.164 e. The van der Waals surface area contributed by atoms with Gasteiger partial charge in [0, 0.05) is 26.2 Å². The highest BCUT2D eigenvalue weighted by atomic mass is 16.6. The molecular formula is C19H38O4. The third-order valence-corrected chi connectivity index (χ3v) is 3.78. The minimum absolute atomic E-state index is 0.159. The van der Waals surface area contributed by atoms with Crippen LogP contribution in [0.3, 0.4) is 0 Å². The Hall–Kier alpha value is -0.450. The second-order valence-electron chi connectivity index (χ2n) is 5.99. The number of ether oxygens (including phenoxy) is 3. The predicted molar refractivity (Wildman–Crippen MR) is 94.9 cm³/mol. The molecule has 0 spiro atoms. The lowest BCUT2D eigenvalue weighted by atomic mass is 10.0. The molecular weight excluding hydrogens is 292 g/mol. The van der Waals surface area contributed by atoms with Crippen LogP contribution < -0.4 is 0 Å². The van der Waals surface area contributed by atoms with Gasteiger partial charge in [-0.05, 0) is 26.2 Å². The number of Topliss-reactive ketones (excluding diaryl/α,β-unsaturated/α-hetero) is 1. The first-order chi connectivity index (χ1) is 11.2. The second-order valence-corrected chi connectivity index (χ2v) is 5.99. The average molecular weight is 331 g/mol. The zero-order chi connectivity index (χ0) is 17.3. The fourth-order valence-electron chi connectivity index (χ4n) is 2.34. The quantitative estimate of drug-likeness (QED) is 0.367. The Kier molecular flexibility index (Phi) is 16.1. The monoisotopic (exact) mass is 330 g/mol. The van der Waals surface area contributed by atoms with Crippen molar-refractivity contribution in [2.45, 2.75) is 91.3 Å². The molecule has 0 aromatic carbocycles. The van der Waals surface area contributed by atoms with E-state index in [0.29, 0.717) is 32.8 Å². The van der Waals surface area contributed by atoms with Crippen molar-refractivity contribution < 1.29 is 19.0 Å². The van der Waals surface area contributed by atoms with Gasteiger partial charge in [0.15, 0.2) is 5.78 Å². The highest BCUT2D eigenvalue weighted by Crippen LogP contribution is 2.13. The van der Waals surface area contributed by atoms with Crippen molar-refractivity contribution in [3.05, 3.63) is 0 Å². The summed E-state index contributed by atoms with van der Waals surface area (Å²) in [7, 11) is 0. The highest BCUT2D eigenvalue weighted by molar-refractivity contribution is 5.83. The summed E-state index contributed by atoms with van der Waals surface area (Å²) >= 11 is 0. The van der Waals surface area contributed by atoms with E-state index in [0.717, 1.165) is 44.9 Å². The summed E-state index contributed by atoms with van der Waals surface area (Å²) in [6.07, 6.45) is 7.08. The molecule has 0 aliphatic carbocycles. The molecule has 2 unspecified atom stereocenters. The minimum Gasteiger partial charge on any atom is -0.379 e. The van der Waals surface area contributed by atoms with Gasteiger partial charge >= 0.3 is 0 Å². The molecule has 0 aromatic heterocycles. The first-order valence-electron chi connectivity index (χ1n) is 9.54. The van der Waals surface area contributed by atoms with Crippen molar-refractivity contribution in [2.24, 2.45) is 0 Å². The van der Waals surface area contributed by atoms with E-state index >= 15 is 0 Å². The first-order valence-corrected chi connectivity index (χ1v) is 9.54. The normalized spacial score (nSPS) is 13.9. The van der Waals surface area contributed by atoms with Crippen LogP contribution in [0.1, 0.15) is 79.1 Å². The summed E-state index contributed by atoms with van der Waals surface area (Å²) in [5.41, 5.74) is 0. The summed E-state index contributed by atoms with van der Waals surface area (Å²) in [4.78, 5) is 12.6. The molecule has 4 heteroatoms. The van der Waals surface area contributed by atoms with E-state index in [4.69, 9.17) is 14.2 Å². The van der Waals surface area contributed by atoms with Gasteiger partial charge in [-0.15, -0.1) is 0 Å². The Balaban J connectivity index is 4.59. The molecule has 0 heterocycles. The Morgan fingerprint density at radius 2 is 1.48 bits per heavy atom. The van der Waals surface area contributed by atoms with E-state index in [-0.39, 0.29) is 11.9 Å². The SMILES string of the molecule is CCCCCC(=O)C(OCCCC)C(COCCCC)OCC. The molecule has 0 N–H and O–H groups in total. The van der Waals surface area contributed by atoms with E-state index in [2.05, 4.69) is 20.8 Å². The molecule has 0 radical (unpaired) electrons. The van der Waals surface area contributed by atoms with Gasteiger partial charge in [-0.3, -0.25) is 4.79 Å². The van der Waals surface area contributed by atoms with Crippen molar-refractivity contribution in [1.82, 2.24) is 0 Å². The Bertz CT molecular complexity index is 268. The summed E-state index contributed by atoms with van der Waals surface area (Å²) in [6, 6.07) is 0. The highest BCUT2D eigenvalue weighted by Gasteiger charge is 2.29. The van der Waals surface area contributed by atoms with Crippen LogP contribution in [-0.2, 0) is 19.0 Å². The minimum atomic E-state index is -0.486. The van der Waals surface area contributed by atoms with E-state index in [1.807, 2.05) is 6.92 Å². The molecule has 0 aliphatic rings. The van der Waals surface area contributed by atoms with Crippen LogP contribution in [0, 0.1) is 0 Å². The molecule has 0 rings (SSSR count). The van der Waals surface area contributed by atoms with Gasteiger partial charge in [0.05, 0.1) is 6.61 Å². The van der Waals surface area contributed by atoms with Gasteiger partial charge in [0.1, 0.15) is 12.2 Å². The fourth-order valence-corrected chi connectivity index (χ4v) is 2.34. The number of hydrogen-bond donors (Lipinski definition) is 0. The maximum absolute atomic E-state index is 12.6. The molecule has 0 saturated heterocycles. The van der Waals surface area contributed by atoms with E-state index in [1.54, 1.807) is 0 Å². The van der Waals surface area contributed by atoms with Gasteiger partial charge in [0.2, 0.25) is 0 Å². The second kappa shape index (κ2) is 16.4. The van der Waals surface area contributed by atoms with Crippen molar-refractivity contribution in [2.75, 3.05) is 26.4 Å². The fraction of sp³-hybridized carbons (Fsp3) is 0.947. The van der Waals surface area contributed by atoms with Crippen LogP contribution >= 0.6 is 0 Å². The number of unbranched alkanes of at least 4 members (excludes halogenated alkanes) is 4. The Morgan fingerprint density at radius 3 is 2.09 bits per heavy atom. The largest absolute Gasteiger partial charge is 0.379 e. The van der Waals surface area contributed by atoms with Gasteiger partial charge in [-0.2, -0.15) is 0 Å². The number of rotatable bonds is 17. The summed E-state index contributed by atoms with van der Waals surface area (Å²) in [5, 5.41) is 0. The predicted octanol–water partition coefficient (Wildman–Crippen LogP) is 4.54. The summed E-state index contributed by atoms with van der Waals surface area (Å²) in [5.74, 6) is 0.159. The van der Waals surface area contributed by atoms with Gasteiger partial charge in [-0.1, -0.05) is 46.5 Å². The first kappa shape index (κ1) is 22.6. The van der Waals surface area contributed by atoms with Gasteiger partial charge in [0.25, 0.3) is 0 Å². The van der Waals surface area contributed by atoms with Crippen LogP contribution in [0.15, 0.2) is 0 Å². The smallest absolute Gasteiger partial charge is 0.164 e. The molecule has 138 valence electrons. The molecule has 23 heavy (non-hydrogen) atoms. The third kappa shape index (κ3) is 11.7. The standard InChI is InChI=1S/C19H38O4/c1-5-9-12-13-17(20)19(23-15-11-7-3)18(22-8-4)16-21-14-10-6-2/h18-19H,5-16H2,1-4H3. The summed E-state index contributed by atoms with van der Waals surface area (Å²) in [6.45, 7) is 10.7. The molecule has 0 bridgehead atoms. The van der Waals surface area contributed by atoms with Gasteiger partial charge < -0.3 is 14.2 Å². The van der Waals surface area contributed by atoms with Crippen molar-refractivity contribution >= 4 is 5.78 Å². The van der Waals surface area contributed by atoms with Crippen molar-refractivity contribution in [3.8, 4) is 0 Å². The maximum atomic E-state index is 12.6. The zero-order valence-electron chi connectivity index (χ0n) is 15.8. The van der Waals surface area contributed by atoms with Crippen molar-refractivity contribution in [3.63, 3.8) is 0 Å². The van der Waals surface area contributed by atoms with Gasteiger partial charge in [-0.25, -0.2) is 0 Å². The lowest BCUT2D eigenvalue weighted by Crippen LogP contribution is -2.42. The Labute approximate surface area is 143 Å².